The third-order valence-corrected chi connectivity index (χ3v) is 4.82. The fraction of sp³-hybridized carbons (Fsp3) is 0.647. The van der Waals surface area contributed by atoms with Gasteiger partial charge in [-0.15, -0.1) is 24.8 Å². The quantitative estimate of drug-likeness (QED) is 0.822. The van der Waals surface area contributed by atoms with Gasteiger partial charge in [0.2, 0.25) is 0 Å². The molecule has 3 rings (SSSR count). The minimum absolute atomic E-state index is 0. The second-order valence-electron chi connectivity index (χ2n) is 6.23. The molecule has 0 bridgehead atoms. The molecule has 7 heteroatoms. The van der Waals surface area contributed by atoms with Crippen LogP contribution in [0.2, 0.25) is 0 Å². The van der Waals surface area contributed by atoms with E-state index in [-0.39, 0.29) is 30.6 Å². The lowest BCUT2D eigenvalue weighted by Crippen LogP contribution is -2.46. The maximum absolute atomic E-state index is 12.5. The zero-order valence-electron chi connectivity index (χ0n) is 13.6. The summed E-state index contributed by atoms with van der Waals surface area (Å²) in [6.07, 6.45) is 5.02. The molecule has 3 nitrogen and oxygen atoms in total. The van der Waals surface area contributed by atoms with E-state index in [0.29, 0.717) is 12.0 Å². The summed E-state index contributed by atoms with van der Waals surface area (Å²) in [5.74, 6) is 0.894. The zero-order chi connectivity index (χ0) is 15.4. The fourth-order valence-electron chi connectivity index (χ4n) is 3.89. The van der Waals surface area contributed by atoms with Crippen LogP contribution in [0.5, 0.6) is 5.75 Å². The van der Waals surface area contributed by atoms with Crippen molar-refractivity contribution in [3.05, 3.63) is 29.8 Å². The summed E-state index contributed by atoms with van der Waals surface area (Å²) in [6, 6.07) is 7.63. The molecule has 1 aromatic carbocycles. The number of hydrogen-bond donors (Lipinski definition) is 1. The predicted octanol–water partition coefficient (Wildman–Crippen LogP) is 4.27. The number of nitrogens with zero attached hydrogens (tertiary/aromatic N) is 1. The summed E-state index contributed by atoms with van der Waals surface area (Å²) in [6.45, 7) is 1.26. The van der Waals surface area contributed by atoms with Crippen molar-refractivity contribution in [1.29, 1.82) is 0 Å². The van der Waals surface area contributed by atoms with Crippen molar-refractivity contribution >= 4 is 24.8 Å². The SMILES string of the molecule is Cl.Cl.FC(F)Oc1cccc([C@H](C2CCCC2)N2CCNCC2)c1. The van der Waals surface area contributed by atoms with E-state index in [0.717, 1.165) is 31.7 Å². The Balaban J connectivity index is 0.00000144. The molecule has 0 amide bonds. The van der Waals surface area contributed by atoms with Gasteiger partial charge in [0.1, 0.15) is 5.75 Å². The molecule has 1 atom stereocenters. The van der Waals surface area contributed by atoms with Crippen molar-refractivity contribution < 1.29 is 13.5 Å². The summed E-state index contributed by atoms with van der Waals surface area (Å²) in [5.41, 5.74) is 1.12. The van der Waals surface area contributed by atoms with Gasteiger partial charge in [-0.3, -0.25) is 4.90 Å². The van der Waals surface area contributed by atoms with Crippen LogP contribution < -0.4 is 10.1 Å². The first-order valence-corrected chi connectivity index (χ1v) is 8.23. The molecule has 0 spiro atoms. The van der Waals surface area contributed by atoms with Crippen LogP contribution in [0.25, 0.3) is 0 Å². The lowest BCUT2D eigenvalue weighted by Gasteiger charge is -2.38. The first-order valence-electron chi connectivity index (χ1n) is 8.23. The number of benzene rings is 1. The van der Waals surface area contributed by atoms with Crippen LogP contribution in [0.15, 0.2) is 24.3 Å². The summed E-state index contributed by atoms with van der Waals surface area (Å²) in [7, 11) is 0. The van der Waals surface area contributed by atoms with Crippen LogP contribution in [0.1, 0.15) is 37.3 Å². The predicted molar refractivity (Wildman–Crippen MR) is 96.7 cm³/mol. The molecule has 2 aliphatic rings. The van der Waals surface area contributed by atoms with E-state index in [4.69, 9.17) is 0 Å². The van der Waals surface area contributed by atoms with Gasteiger partial charge < -0.3 is 10.1 Å². The first kappa shape index (κ1) is 21.4. The van der Waals surface area contributed by atoms with Gasteiger partial charge in [-0.25, -0.2) is 0 Å². The van der Waals surface area contributed by atoms with Gasteiger partial charge in [-0.2, -0.15) is 8.78 Å². The molecule has 138 valence electrons. The molecule has 1 aromatic rings. The van der Waals surface area contributed by atoms with Crippen molar-refractivity contribution in [3.63, 3.8) is 0 Å². The summed E-state index contributed by atoms with van der Waals surface area (Å²) in [4.78, 5) is 2.51. The van der Waals surface area contributed by atoms with Gasteiger partial charge in [-0.1, -0.05) is 25.0 Å². The number of piperazine rings is 1. The Hall–Kier alpha value is -0.620. The molecular formula is C17H26Cl2F2N2O. The van der Waals surface area contributed by atoms with E-state index in [2.05, 4.69) is 21.0 Å². The zero-order valence-corrected chi connectivity index (χ0v) is 15.3. The Labute approximate surface area is 154 Å². The third kappa shape index (κ3) is 5.45. The van der Waals surface area contributed by atoms with E-state index in [9.17, 15) is 8.78 Å². The normalized spacial score (nSPS) is 20.3. The van der Waals surface area contributed by atoms with Crippen molar-refractivity contribution in [3.8, 4) is 5.75 Å². The fourth-order valence-corrected chi connectivity index (χ4v) is 3.89. The molecule has 0 radical (unpaired) electrons. The van der Waals surface area contributed by atoms with E-state index in [1.54, 1.807) is 12.1 Å². The topological polar surface area (TPSA) is 24.5 Å². The smallest absolute Gasteiger partial charge is 0.387 e. The lowest BCUT2D eigenvalue weighted by molar-refractivity contribution is -0.0499. The number of nitrogens with one attached hydrogen (secondary N) is 1. The highest BCUT2D eigenvalue weighted by molar-refractivity contribution is 5.85. The van der Waals surface area contributed by atoms with Crippen LogP contribution >= 0.6 is 24.8 Å². The molecule has 2 fully saturated rings. The first-order chi connectivity index (χ1) is 10.7. The number of hydrogen-bond acceptors (Lipinski definition) is 3. The molecule has 1 aliphatic heterocycles. The van der Waals surface area contributed by atoms with Gasteiger partial charge in [0.15, 0.2) is 0 Å². The van der Waals surface area contributed by atoms with Crippen molar-refractivity contribution in [2.75, 3.05) is 26.2 Å². The minimum atomic E-state index is -2.76. The molecule has 1 N–H and O–H groups in total. The summed E-state index contributed by atoms with van der Waals surface area (Å²) >= 11 is 0. The summed E-state index contributed by atoms with van der Waals surface area (Å²) in [5, 5.41) is 3.38. The lowest BCUT2D eigenvalue weighted by atomic mass is 9.89. The van der Waals surface area contributed by atoms with E-state index < -0.39 is 6.61 Å². The third-order valence-electron chi connectivity index (χ3n) is 4.82. The van der Waals surface area contributed by atoms with Gasteiger partial charge in [0.25, 0.3) is 0 Å². The second-order valence-corrected chi connectivity index (χ2v) is 6.23. The monoisotopic (exact) mass is 382 g/mol. The van der Waals surface area contributed by atoms with E-state index in [1.165, 1.54) is 25.7 Å². The second kappa shape index (κ2) is 10.4. The van der Waals surface area contributed by atoms with Crippen LogP contribution in [0, 0.1) is 5.92 Å². The van der Waals surface area contributed by atoms with Crippen LogP contribution in [-0.2, 0) is 0 Å². The molecule has 1 aliphatic carbocycles. The molecule has 1 heterocycles. The minimum Gasteiger partial charge on any atom is -0.435 e. The van der Waals surface area contributed by atoms with E-state index in [1.807, 2.05) is 6.07 Å². The van der Waals surface area contributed by atoms with Gasteiger partial charge in [0, 0.05) is 32.2 Å². The van der Waals surface area contributed by atoms with Crippen molar-refractivity contribution in [2.45, 2.75) is 38.3 Å². The highest BCUT2D eigenvalue weighted by Crippen LogP contribution is 2.40. The number of rotatable bonds is 5. The maximum atomic E-state index is 12.5. The highest BCUT2D eigenvalue weighted by Gasteiger charge is 2.32. The molecule has 0 aromatic heterocycles. The molecule has 1 saturated carbocycles. The Morgan fingerprint density at radius 2 is 1.75 bits per heavy atom. The Morgan fingerprint density at radius 3 is 2.38 bits per heavy atom. The largest absolute Gasteiger partial charge is 0.435 e. The number of alkyl halides is 2. The van der Waals surface area contributed by atoms with Gasteiger partial charge >= 0.3 is 6.61 Å². The van der Waals surface area contributed by atoms with Crippen molar-refractivity contribution in [2.24, 2.45) is 5.92 Å². The number of ether oxygens (including phenoxy) is 1. The van der Waals surface area contributed by atoms with E-state index >= 15 is 0 Å². The van der Waals surface area contributed by atoms with Crippen molar-refractivity contribution in [1.82, 2.24) is 10.2 Å². The molecule has 0 unspecified atom stereocenters. The standard InChI is InChI=1S/C17H24F2N2O.2ClH/c18-17(19)22-15-7-3-6-14(12-15)16(13-4-1-2-5-13)21-10-8-20-9-11-21;;/h3,6-7,12-13,16-17,20H,1-2,4-5,8-11H2;2*1H/t16-;;/m0../s1. The molecule has 1 saturated heterocycles. The molecular weight excluding hydrogens is 357 g/mol. The highest BCUT2D eigenvalue weighted by atomic mass is 35.5. The average molecular weight is 383 g/mol. The number of halogens is 4. The van der Waals surface area contributed by atoms with Crippen LogP contribution in [0.4, 0.5) is 8.78 Å². The Bertz CT molecular complexity index is 481. The summed E-state index contributed by atoms with van der Waals surface area (Å²) < 4.78 is 29.5. The van der Waals surface area contributed by atoms with Crippen LogP contribution in [-0.4, -0.2) is 37.7 Å². The van der Waals surface area contributed by atoms with Gasteiger partial charge in [-0.05, 0) is 36.5 Å². The molecule has 24 heavy (non-hydrogen) atoms. The van der Waals surface area contributed by atoms with Gasteiger partial charge in [0.05, 0.1) is 0 Å². The Kier molecular flexibility index (Phi) is 9.27. The average Bonchev–Trinajstić information content (AvgIpc) is 3.02. The van der Waals surface area contributed by atoms with Crippen LogP contribution in [0.3, 0.4) is 0 Å². The Morgan fingerprint density at radius 1 is 1.08 bits per heavy atom. The maximum Gasteiger partial charge on any atom is 0.387 e.